The maximum Gasteiger partial charge on any atom is 0.333 e. The molecule has 112 valence electrons. The van der Waals surface area contributed by atoms with Gasteiger partial charge in [0.1, 0.15) is 5.69 Å². The zero-order valence-corrected chi connectivity index (χ0v) is 12.3. The molecule has 0 aliphatic carbocycles. The molecule has 1 aromatic carbocycles. The Morgan fingerprint density at radius 3 is 2.70 bits per heavy atom. The Labute approximate surface area is 119 Å². The molecule has 3 N–H and O–H groups in total. The van der Waals surface area contributed by atoms with Gasteiger partial charge in [0.15, 0.2) is 5.75 Å². The van der Waals surface area contributed by atoms with E-state index in [1.807, 2.05) is 20.8 Å². The molecule has 0 saturated heterocycles. The molecular formula is C14H23N3O3. The molecule has 0 amide bonds. The van der Waals surface area contributed by atoms with Gasteiger partial charge in [0.25, 0.3) is 0 Å². The molecule has 6 nitrogen and oxygen atoms in total. The Kier molecular flexibility index (Phi) is 6.24. The van der Waals surface area contributed by atoms with Crippen LogP contribution in [0.1, 0.15) is 27.2 Å². The molecule has 0 aliphatic rings. The maximum absolute atomic E-state index is 11.2. The first-order chi connectivity index (χ1) is 9.47. The number of nitrogens with one attached hydrogen (secondary N) is 1. The van der Waals surface area contributed by atoms with Crippen molar-refractivity contribution in [3.63, 3.8) is 0 Å². The van der Waals surface area contributed by atoms with Crippen molar-refractivity contribution in [1.82, 2.24) is 0 Å². The molecule has 0 saturated carbocycles. The zero-order chi connectivity index (χ0) is 15.1. The lowest BCUT2D eigenvalue weighted by molar-refractivity contribution is -0.385. The van der Waals surface area contributed by atoms with Crippen LogP contribution in [0.4, 0.5) is 11.4 Å². The van der Waals surface area contributed by atoms with Crippen molar-refractivity contribution < 1.29 is 9.66 Å². The Hall–Kier alpha value is -1.82. The van der Waals surface area contributed by atoms with Crippen LogP contribution in [0.2, 0.25) is 0 Å². The summed E-state index contributed by atoms with van der Waals surface area (Å²) < 4.78 is 5.43. The lowest BCUT2D eigenvalue weighted by atomic mass is 10.1. The van der Waals surface area contributed by atoms with E-state index in [-0.39, 0.29) is 11.7 Å². The fourth-order valence-electron chi connectivity index (χ4n) is 1.65. The quantitative estimate of drug-likeness (QED) is 0.565. The summed E-state index contributed by atoms with van der Waals surface area (Å²) in [5.41, 5.74) is 6.36. The summed E-state index contributed by atoms with van der Waals surface area (Å²) in [7, 11) is 0. The van der Waals surface area contributed by atoms with E-state index in [0.29, 0.717) is 30.5 Å². The Balaban J connectivity index is 2.91. The summed E-state index contributed by atoms with van der Waals surface area (Å²) >= 11 is 0. The molecule has 0 aliphatic heterocycles. The van der Waals surface area contributed by atoms with Crippen LogP contribution in [0, 0.1) is 16.0 Å². The van der Waals surface area contributed by atoms with Crippen molar-refractivity contribution in [3.05, 3.63) is 28.3 Å². The molecule has 1 atom stereocenters. The van der Waals surface area contributed by atoms with Crippen molar-refractivity contribution in [3.8, 4) is 5.75 Å². The molecule has 0 fully saturated rings. The molecule has 0 aromatic heterocycles. The summed E-state index contributed by atoms with van der Waals surface area (Å²) in [4.78, 5) is 10.8. The van der Waals surface area contributed by atoms with E-state index in [4.69, 9.17) is 10.5 Å². The van der Waals surface area contributed by atoms with Crippen LogP contribution in [0.25, 0.3) is 0 Å². The number of nitrogens with zero attached hydrogens (tertiary/aromatic N) is 1. The minimum atomic E-state index is -0.422. The molecule has 20 heavy (non-hydrogen) atoms. The molecular weight excluding hydrogens is 258 g/mol. The number of rotatable bonds is 8. The molecule has 0 spiro atoms. The van der Waals surface area contributed by atoms with Crippen LogP contribution >= 0.6 is 0 Å². The Morgan fingerprint density at radius 1 is 1.45 bits per heavy atom. The third-order valence-corrected chi connectivity index (χ3v) is 3.03. The highest BCUT2D eigenvalue weighted by Gasteiger charge is 2.21. The molecule has 0 bridgehead atoms. The number of ether oxygens (including phenoxy) is 1. The number of nitro benzene ring substituents is 1. The number of anilines is 1. The second kappa shape index (κ2) is 7.69. The molecule has 1 rings (SSSR count). The molecule has 6 heteroatoms. The smallest absolute Gasteiger partial charge is 0.333 e. The topological polar surface area (TPSA) is 90.4 Å². The van der Waals surface area contributed by atoms with Crippen LogP contribution in [0.3, 0.4) is 0 Å². The van der Waals surface area contributed by atoms with E-state index in [0.717, 1.165) is 6.42 Å². The minimum Gasteiger partial charge on any atom is -0.487 e. The van der Waals surface area contributed by atoms with Gasteiger partial charge in [-0.25, -0.2) is 0 Å². The molecule has 0 radical (unpaired) electrons. The van der Waals surface area contributed by atoms with Gasteiger partial charge in [-0.3, -0.25) is 10.1 Å². The van der Waals surface area contributed by atoms with Gasteiger partial charge in [-0.2, -0.15) is 0 Å². The zero-order valence-electron chi connectivity index (χ0n) is 12.3. The third-order valence-electron chi connectivity index (χ3n) is 3.03. The van der Waals surface area contributed by atoms with E-state index in [1.165, 1.54) is 0 Å². The second-order valence-corrected chi connectivity index (χ2v) is 5.05. The van der Waals surface area contributed by atoms with Crippen molar-refractivity contribution in [2.24, 2.45) is 11.7 Å². The van der Waals surface area contributed by atoms with Gasteiger partial charge in [-0.05, 0) is 24.5 Å². The van der Waals surface area contributed by atoms with E-state index in [2.05, 4.69) is 5.32 Å². The SMILES string of the molecule is CCCOc1cccc(NCC(N)C(C)C)c1[N+](=O)[O-]. The van der Waals surface area contributed by atoms with Crippen molar-refractivity contribution in [1.29, 1.82) is 0 Å². The predicted molar refractivity (Wildman–Crippen MR) is 80.2 cm³/mol. The van der Waals surface area contributed by atoms with E-state index < -0.39 is 4.92 Å². The standard InChI is InChI=1S/C14H23N3O3/c1-4-8-20-13-7-5-6-12(14(13)17(18)19)16-9-11(15)10(2)3/h5-7,10-11,16H,4,8-9,15H2,1-3H3. The van der Waals surface area contributed by atoms with E-state index >= 15 is 0 Å². The highest BCUT2D eigenvalue weighted by Crippen LogP contribution is 2.34. The van der Waals surface area contributed by atoms with Gasteiger partial charge in [0, 0.05) is 12.6 Å². The summed E-state index contributed by atoms with van der Waals surface area (Å²) in [6.45, 7) is 6.92. The van der Waals surface area contributed by atoms with Crippen LogP contribution in [-0.4, -0.2) is 24.1 Å². The van der Waals surface area contributed by atoms with Gasteiger partial charge in [-0.15, -0.1) is 0 Å². The van der Waals surface area contributed by atoms with Crippen molar-refractivity contribution in [2.45, 2.75) is 33.2 Å². The van der Waals surface area contributed by atoms with Crippen LogP contribution in [-0.2, 0) is 0 Å². The number of benzene rings is 1. The fraction of sp³-hybridized carbons (Fsp3) is 0.571. The number of nitrogens with two attached hydrogens (primary N) is 1. The molecule has 0 heterocycles. The highest BCUT2D eigenvalue weighted by molar-refractivity contribution is 5.68. The van der Waals surface area contributed by atoms with Crippen LogP contribution in [0.5, 0.6) is 5.75 Å². The van der Waals surface area contributed by atoms with Crippen molar-refractivity contribution >= 4 is 11.4 Å². The third kappa shape index (κ3) is 4.38. The van der Waals surface area contributed by atoms with Gasteiger partial charge in [-0.1, -0.05) is 26.8 Å². The predicted octanol–water partition coefficient (Wildman–Crippen LogP) is 2.78. The van der Waals surface area contributed by atoms with Gasteiger partial charge >= 0.3 is 5.69 Å². The first kappa shape index (κ1) is 16.2. The second-order valence-electron chi connectivity index (χ2n) is 5.05. The van der Waals surface area contributed by atoms with Crippen LogP contribution < -0.4 is 15.8 Å². The lowest BCUT2D eigenvalue weighted by Crippen LogP contribution is -2.34. The molecule has 1 aromatic rings. The van der Waals surface area contributed by atoms with Gasteiger partial charge in [0.2, 0.25) is 0 Å². The van der Waals surface area contributed by atoms with Gasteiger partial charge < -0.3 is 15.8 Å². The average molecular weight is 281 g/mol. The summed E-state index contributed by atoms with van der Waals surface area (Å²) in [6.07, 6.45) is 0.799. The molecule has 1 unspecified atom stereocenters. The summed E-state index contributed by atoms with van der Waals surface area (Å²) in [6, 6.07) is 4.96. The normalized spacial score (nSPS) is 12.2. The monoisotopic (exact) mass is 281 g/mol. The van der Waals surface area contributed by atoms with Crippen molar-refractivity contribution in [2.75, 3.05) is 18.5 Å². The van der Waals surface area contributed by atoms with Gasteiger partial charge in [0.05, 0.1) is 11.5 Å². The number of hydrogen-bond donors (Lipinski definition) is 2. The average Bonchev–Trinajstić information content (AvgIpc) is 2.41. The summed E-state index contributed by atoms with van der Waals surface area (Å²) in [5.74, 6) is 0.598. The number of para-hydroxylation sites is 1. The number of hydrogen-bond acceptors (Lipinski definition) is 5. The Bertz CT molecular complexity index is 449. The van der Waals surface area contributed by atoms with E-state index in [1.54, 1.807) is 18.2 Å². The summed E-state index contributed by atoms with van der Waals surface area (Å²) in [5, 5.41) is 14.3. The minimum absolute atomic E-state index is 0.0306. The first-order valence-corrected chi connectivity index (χ1v) is 6.87. The number of nitro groups is 1. The van der Waals surface area contributed by atoms with E-state index in [9.17, 15) is 10.1 Å². The van der Waals surface area contributed by atoms with Crippen LogP contribution in [0.15, 0.2) is 18.2 Å². The highest BCUT2D eigenvalue weighted by atomic mass is 16.6. The Morgan fingerprint density at radius 2 is 2.15 bits per heavy atom. The largest absolute Gasteiger partial charge is 0.487 e. The maximum atomic E-state index is 11.2. The lowest BCUT2D eigenvalue weighted by Gasteiger charge is -2.17. The fourth-order valence-corrected chi connectivity index (χ4v) is 1.65. The first-order valence-electron chi connectivity index (χ1n) is 6.87.